The third-order valence-corrected chi connectivity index (χ3v) is 2.81. The van der Waals surface area contributed by atoms with E-state index in [2.05, 4.69) is 10.3 Å². The molecular weight excluding hydrogens is 204 g/mol. The maximum Gasteiger partial charge on any atom is 0.242 e. The van der Waals surface area contributed by atoms with E-state index in [9.17, 15) is 4.79 Å². The van der Waals surface area contributed by atoms with Gasteiger partial charge < -0.3 is 16.0 Å². The van der Waals surface area contributed by atoms with Crippen molar-refractivity contribution < 1.29 is 4.79 Å². The van der Waals surface area contributed by atoms with Crippen LogP contribution < -0.4 is 11.1 Å². The van der Waals surface area contributed by atoms with Crippen LogP contribution in [-0.2, 0) is 4.79 Å². The molecule has 5 nitrogen and oxygen atoms in total. The van der Waals surface area contributed by atoms with Crippen LogP contribution >= 0.6 is 0 Å². The van der Waals surface area contributed by atoms with Crippen molar-refractivity contribution >= 4 is 11.9 Å². The van der Waals surface area contributed by atoms with Crippen molar-refractivity contribution in [2.75, 3.05) is 20.6 Å². The van der Waals surface area contributed by atoms with Gasteiger partial charge in [-0.15, -0.1) is 0 Å². The van der Waals surface area contributed by atoms with Gasteiger partial charge in [0.25, 0.3) is 0 Å². The Morgan fingerprint density at radius 1 is 1.38 bits per heavy atom. The smallest absolute Gasteiger partial charge is 0.242 e. The number of aliphatic imine (C=N–C) groups is 1. The molecule has 1 rings (SSSR count). The molecule has 1 fully saturated rings. The van der Waals surface area contributed by atoms with Gasteiger partial charge in [-0.25, -0.2) is 4.99 Å². The maximum absolute atomic E-state index is 11.5. The van der Waals surface area contributed by atoms with Crippen LogP contribution in [0.15, 0.2) is 4.99 Å². The molecule has 1 aliphatic rings. The van der Waals surface area contributed by atoms with Crippen LogP contribution in [0.25, 0.3) is 0 Å². The second-order valence-electron chi connectivity index (χ2n) is 4.47. The summed E-state index contributed by atoms with van der Waals surface area (Å²) in [6.45, 7) is 0.126. The van der Waals surface area contributed by atoms with Gasteiger partial charge >= 0.3 is 0 Å². The van der Waals surface area contributed by atoms with Crippen LogP contribution in [0.3, 0.4) is 0 Å². The Morgan fingerprint density at radius 2 is 2.00 bits per heavy atom. The first kappa shape index (κ1) is 12.8. The number of carbonyl (C=O) groups excluding carboxylic acids is 1. The van der Waals surface area contributed by atoms with E-state index in [0.717, 1.165) is 12.8 Å². The Bertz CT molecular complexity index is 257. The fourth-order valence-corrected chi connectivity index (χ4v) is 1.81. The average Bonchev–Trinajstić information content (AvgIpc) is 2.27. The first-order chi connectivity index (χ1) is 7.59. The Balaban J connectivity index is 2.27. The van der Waals surface area contributed by atoms with Crippen molar-refractivity contribution in [2.45, 2.75) is 38.1 Å². The molecule has 3 N–H and O–H groups in total. The molecule has 1 amide bonds. The Labute approximate surface area is 97.1 Å². The topological polar surface area (TPSA) is 70.7 Å². The standard InChI is InChI=1S/C11H22N4O/c1-15(2)11(12)13-8-10(16)14-9-6-4-3-5-7-9/h9H,3-8H2,1-2H3,(H2,12,13)(H,14,16). The largest absolute Gasteiger partial charge is 0.370 e. The molecule has 92 valence electrons. The summed E-state index contributed by atoms with van der Waals surface area (Å²) in [5, 5.41) is 2.99. The van der Waals surface area contributed by atoms with Gasteiger partial charge in [-0.2, -0.15) is 0 Å². The molecule has 0 atom stereocenters. The quantitative estimate of drug-likeness (QED) is 0.537. The van der Waals surface area contributed by atoms with Crippen molar-refractivity contribution in [3.05, 3.63) is 0 Å². The van der Waals surface area contributed by atoms with Gasteiger partial charge in [-0.1, -0.05) is 19.3 Å². The van der Waals surface area contributed by atoms with E-state index >= 15 is 0 Å². The van der Waals surface area contributed by atoms with Crippen LogP contribution in [-0.4, -0.2) is 43.4 Å². The van der Waals surface area contributed by atoms with E-state index in [1.807, 2.05) is 0 Å². The minimum Gasteiger partial charge on any atom is -0.370 e. The van der Waals surface area contributed by atoms with Crippen LogP contribution in [0.2, 0.25) is 0 Å². The monoisotopic (exact) mass is 226 g/mol. The predicted molar refractivity (Wildman–Crippen MR) is 65.2 cm³/mol. The summed E-state index contributed by atoms with van der Waals surface area (Å²) in [5.74, 6) is 0.357. The highest BCUT2D eigenvalue weighted by atomic mass is 16.1. The van der Waals surface area contributed by atoms with Gasteiger partial charge in [-0.3, -0.25) is 4.79 Å². The number of nitrogens with two attached hydrogens (primary N) is 1. The number of guanidine groups is 1. The number of nitrogens with zero attached hydrogens (tertiary/aromatic N) is 2. The van der Waals surface area contributed by atoms with Crippen LogP contribution in [0.1, 0.15) is 32.1 Å². The molecule has 0 heterocycles. The third kappa shape index (κ3) is 4.51. The fourth-order valence-electron chi connectivity index (χ4n) is 1.81. The van der Waals surface area contributed by atoms with Crippen molar-refractivity contribution in [3.8, 4) is 0 Å². The number of rotatable bonds is 3. The summed E-state index contributed by atoms with van der Waals surface area (Å²) >= 11 is 0. The molecule has 0 aromatic rings. The van der Waals surface area contributed by atoms with Crippen LogP contribution in [0.5, 0.6) is 0 Å². The van der Waals surface area contributed by atoms with Gasteiger partial charge in [0.05, 0.1) is 0 Å². The second-order valence-corrected chi connectivity index (χ2v) is 4.47. The highest BCUT2D eigenvalue weighted by molar-refractivity contribution is 5.83. The summed E-state index contributed by atoms with van der Waals surface area (Å²) in [6.07, 6.45) is 5.91. The first-order valence-electron chi connectivity index (χ1n) is 5.86. The zero-order valence-corrected chi connectivity index (χ0v) is 10.2. The SMILES string of the molecule is CN(C)C(N)=NCC(=O)NC1CCCCC1. The molecule has 1 aliphatic carbocycles. The Kier molecular flexibility index (Phi) is 5.08. The lowest BCUT2D eigenvalue weighted by Crippen LogP contribution is -2.38. The van der Waals surface area contributed by atoms with Gasteiger partial charge in [-0.05, 0) is 12.8 Å². The van der Waals surface area contributed by atoms with Crippen molar-refractivity contribution in [1.29, 1.82) is 0 Å². The molecule has 0 aromatic carbocycles. The van der Waals surface area contributed by atoms with E-state index < -0.39 is 0 Å². The van der Waals surface area contributed by atoms with Crippen molar-refractivity contribution in [3.63, 3.8) is 0 Å². The lowest BCUT2D eigenvalue weighted by Gasteiger charge is -2.22. The summed E-state index contributed by atoms with van der Waals surface area (Å²) in [7, 11) is 3.61. The van der Waals surface area contributed by atoms with E-state index in [1.165, 1.54) is 19.3 Å². The zero-order chi connectivity index (χ0) is 12.0. The molecule has 0 aromatic heterocycles. The predicted octanol–water partition coefficient (Wildman–Crippen LogP) is 0.312. The maximum atomic E-state index is 11.5. The van der Waals surface area contributed by atoms with Gasteiger partial charge in [0.15, 0.2) is 5.96 Å². The molecule has 0 saturated heterocycles. The highest BCUT2D eigenvalue weighted by Gasteiger charge is 2.15. The second kappa shape index (κ2) is 6.35. The molecular formula is C11H22N4O. The number of hydrogen-bond donors (Lipinski definition) is 2. The Hall–Kier alpha value is -1.26. The minimum absolute atomic E-state index is 0.0308. The minimum atomic E-state index is -0.0308. The van der Waals surface area contributed by atoms with Gasteiger partial charge in [0, 0.05) is 20.1 Å². The molecule has 16 heavy (non-hydrogen) atoms. The summed E-state index contributed by atoms with van der Waals surface area (Å²) in [6, 6.07) is 0.344. The molecule has 0 radical (unpaired) electrons. The lowest BCUT2D eigenvalue weighted by molar-refractivity contribution is -0.120. The van der Waals surface area contributed by atoms with E-state index in [-0.39, 0.29) is 12.5 Å². The van der Waals surface area contributed by atoms with Crippen molar-refractivity contribution in [1.82, 2.24) is 10.2 Å². The normalized spacial score (nSPS) is 18.2. The number of nitrogens with one attached hydrogen (secondary N) is 1. The molecule has 1 saturated carbocycles. The van der Waals surface area contributed by atoms with Crippen LogP contribution in [0.4, 0.5) is 0 Å². The van der Waals surface area contributed by atoms with E-state index in [4.69, 9.17) is 5.73 Å². The Morgan fingerprint density at radius 3 is 2.56 bits per heavy atom. The summed E-state index contributed by atoms with van der Waals surface area (Å²) in [5.41, 5.74) is 5.59. The van der Waals surface area contributed by atoms with Crippen molar-refractivity contribution in [2.24, 2.45) is 10.7 Å². The lowest BCUT2D eigenvalue weighted by atomic mass is 9.95. The average molecular weight is 226 g/mol. The van der Waals surface area contributed by atoms with Gasteiger partial charge in [0.1, 0.15) is 6.54 Å². The molecule has 0 bridgehead atoms. The highest BCUT2D eigenvalue weighted by Crippen LogP contribution is 2.17. The number of amides is 1. The molecule has 0 unspecified atom stereocenters. The number of carbonyl (C=O) groups is 1. The van der Waals surface area contributed by atoms with E-state index in [0.29, 0.717) is 12.0 Å². The number of hydrogen-bond acceptors (Lipinski definition) is 2. The summed E-state index contributed by atoms with van der Waals surface area (Å²) in [4.78, 5) is 17.2. The molecule has 0 spiro atoms. The van der Waals surface area contributed by atoms with E-state index in [1.54, 1.807) is 19.0 Å². The zero-order valence-electron chi connectivity index (χ0n) is 10.2. The molecule has 0 aliphatic heterocycles. The van der Waals surface area contributed by atoms with Gasteiger partial charge in [0.2, 0.25) is 5.91 Å². The fraction of sp³-hybridized carbons (Fsp3) is 0.818. The first-order valence-corrected chi connectivity index (χ1v) is 5.86. The molecule has 5 heteroatoms. The third-order valence-electron chi connectivity index (χ3n) is 2.81. The summed E-state index contributed by atoms with van der Waals surface area (Å²) < 4.78 is 0. The van der Waals surface area contributed by atoms with Crippen LogP contribution in [0, 0.1) is 0 Å².